The zero-order chi connectivity index (χ0) is 15.1. The van der Waals surface area contributed by atoms with Gasteiger partial charge < -0.3 is 19.9 Å². The fraction of sp³-hybridized carbons (Fsp3) is 0.133. The number of amides is 1. The van der Waals surface area contributed by atoms with Crippen molar-refractivity contribution in [2.24, 2.45) is 0 Å². The van der Waals surface area contributed by atoms with Crippen LogP contribution in [0.4, 0.5) is 4.79 Å². The van der Waals surface area contributed by atoms with E-state index >= 15 is 0 Å². The average Bonchev–Trinajstić information content (AvgIpc) is 2.45. The van der Waals surface area contributed by atoms with Crippen molar-refractivity contribution < 1.29 is 19.4 Å². The standard InChI is InChI=1S/C15H14ClNO4/c16-11-2-1-3-14(10-11)21-13-6-4-12(5-7-13)20-9-8-17-15(18)19/h1-7,10,17H,8-9H2,(H,18,19). The first-order chi connectivity index (χ1) is 10.1. The molecular weight excluding hydrogens is 294 g/mol. The minimum absolute atomic E-state index is 0.232. The number of hydrogen-bond donors (Lipinski definition) is 2. The molecule has 0 bridgehead atoms. The van der Waals surface area contributed by atoms with Gasteiger partial charge >= 0.3 is 6.09 Å². The fourth-order valence-corrected chi connectivity index (χ4v) is 1.78. The van der Waals surface area contributed by atoms with Crippen LogP contribution in [-0.4, -0.2) is 24.4 Å². The van der Waals surface area contributed by atoms with Crippen LogP contribution in [0.25, 0.3) is 0 Å². The first-order valence-electron chi connectivity index (χ1n) is 6.26. The van der Waals surface area contributed by atoms with Crippen molar-refractivity contribution >= 4 is 17.7 Å². The molecule has 2 aromatic rings. The lowest BCUT2D eigenvalue weighted by atomic mass is 10.3. The fourth-order valence-electron chi connectivity index (χ4n) is 1.60. The normalized spacial score (nSPS) is 9.95. The highest BCUT2D eigenvalue weighted by Gasteiger charge is 2.00. The van der Waals surface area contributed by atoms with Crippen LogP contribution >= 0.6 is 11.6 Å². The summed E-state index contributed by atoms with van der Waals surface area (Å²) in [6.07, 6.45) is -1.07. The van der Waals surface area contributed by atoms with Crippen LogP contribution in [0.15, 0.2) is 48.5 Å². The maximum atomic E-state index is 10.3. The first kappa shape index (κ1) is 15.0. The molecule has 21 heavy (non-hydrogen) atoms. The highest BCUT2D eigenvalue weighted by molar-refractivity contribution is 6.30. The number of benzene rings is 2. The first-order valence-corrected chi connectivity index (χ1v) is 6.64. The van der Waals surface area contributed by atoms with Crippen molar-refractivity contribution in [3.63, 3.8) is 0 Å². The van der Waals surface area contributed by atoms with E-state index in [4.69, 9.17) is 26.2 Å². The van der Waals surface area contributed by atoms with E-state index < -0.39 is 6.09 Å². The second-order valence-electron chi connectivity index (χ2n) is 4.11. The molecule has 0 atom stereocenters. The minimum Gasteiger partial charge on any atom is -0.492 e. The highest BCUT2D eigenvalue weighted by Crippen LogP contribution is 2.25. The third kappa shape index (κ3) is 5.24. The zero-order valence-electron chi connectivity index (χ0n) is 11.1. The van der Waals surface area contributed by atoms with Crippen LogP contribution < -0.4 is 14.8 Å². The molecule has 5 nitrogen and oxygen atoms in total. The van der Waals surface area contributed by atoms with Gasteiger partial charge in [-0.2, -0.15) is 0 Å². The van der Waals surface area contributed by atoms with Gasteiger partial charge in [-0.1, -0.05) is 17.7 Å². The highest BCUT2D eigenvalue weighted by atomic mass is 35.5. The average molecular weight is 308 g/mol. The second kappa shape index (κ2) is 7.40. The van der Waals surface area contributed by atoms with E-state index in [1.54, 1.807) is 36.4 Å². The topological polar surface area (TPSA) is 67.8 Å². The number of halogens is 1. The van der Waals surface area contributed by atoms with Crippen LogP contribution in [0.3, 0.4) is 0 Å². The predicted molar refractivity (Wildman–Crippen MR) is 79.5 cm³/mol. The summed E-state index contributed by atoms with van der Waals surface area (Å²) in [6.45, 7) is 0.497. The molecule has 2 rings (SSSR count). The van der Waals surface area contributed by atoms with Gasteiger partial charge in [0.25, 0.3) is 0 Å². The number of ether oxygens (including phenoxy) is 2. The van der Waals surface area contributed by atoms with Crippen LogP contribution in [0.5, 0.6) is 17.2 Å². The van der Waals surface area contributed by atoms with Crippen molar-refractivity contribution in [1.82, 2.24) is 5.32 Å². The summed E-state index contributed by atoms with van der Waals surface area (Å²) in [5, 5.41) is 11.2. The van der Waals surface area contributed by atoms with Crippen molar-refractivity contribution in [2.75, 3.05) is 13.2 Å². The van der Waals surface area contributed by atoms with Crippen molar-refractivity contribution in [3.8, 4) is 17.2 Å². The maximum Gasteiger partial charge on any atom is 0.404 e. The number of rotatable bonds is 6. The molecule has 0 unspecified atom stereocenters. The zero-order valence-corrected chi connectivity index (χ0v) is 11.8. The van der Waals surface area contributed by atoms with Crippen molar-refractivity contribution in [2.45, 2.75) is 0 Å². The molecule has 0 spiro atoms. The largest absolute Gasteiger partial charge is 0.492 e. The Balaban J connectivity index is 1.85. The Morgan fingerprint density at radius 3 is 2.48 bits per heavy atom. The molecule has 6 heteroatoms. The molecular formula is C15H14ClNO4. The number of nitrogens with one attached hydrogen (secondary N) is 1. The van der Waals surface area contributed by atoms with E-state index in [1.165, 1.54) is 0 Å². The Bertz CT molecular complexity index is 601. The van der Waals surface area contributed by atoms with E-state index in [9.17, 15) is 4.79 Å². The Morgan fingerprint density at radius 1 is 1.10 bits per heavy atom. The van der Waals surface area contributed by atoms with Gasteiger partial charge in [-0.25, -0.2) is 4.79 Å². The Hall–Kier alpha value is -2.40. The molecule has 0 radical (unpaired) electrons. The number of carboxylic acid groups (broad SMARTS) is 1. The lowest BCUT2D eigenvalue weighted by molar-refractivity contribution is 0.191. The Kier molecular flexibility index (Phi) is 5.29. The molecule has 0 aliphatic carbocycles. The molecule has 0 aliphatic heterocycles. The molecule has 0 fully saturated rings. The van der Waals surface area contributed by atoms with Gasteiger partial charge in [-0.15, -0.1) is 0 Å². The number of carbonyl (C=O) groups is 1. The molecule has 0 aromatic heterocycles. The molecule has 2 N–H and O–H groups in total. The third-order valence-electron chi connectivity index (χ3n) is 2.50. The molecule has 0 heterocycles. The van der Waals surface area contributed by atoms with E-state index in [0.29, 0.717) is 22.3 Å². The minimum atomic E-state index is -1.07. The molecule has 2 aromatic carbocycles. The Morgan fingerprint density at radius 2 is 1.81 bits per heavy atom. The Labute approximate surface area is 127 Å². The summed E-state index contributed by atoms with van der Waals surface area (Å²) in [5.74, 6) is 1.95. The van der Waals surface area contributed by atoms with E-state index in [1.807, 2.05) is 12.1 Å². The molecule has 0 saturated carbocycles. The lowest BCUT2D eigenvalue weighted by Gasteiger charge is -2.08. The van der Waals surface area contributed by atoms with Gasteiger partial charge in [-0.3, -0.25) is 0 Å². The summed E-state index contributed by atoms with van der Waals surface area (Å²) in [7, 11) is 0. The van der Waals surface area contributed by atoms with Crippen LogP contribution in [0.1, 0.15) is 0 Å². The summed E-state index contributed by atoms with van der Waals surface area (Å²) in [5.41, 5.74) is 0. The van der Waals surface area contributed by atoms with Crippen molar-refractivity contribution in [1.29, 1.82) is 0 Å². The molecule has 0 saturated heterocycles. The van der Waals surface area contributed by atoms with Crippen LogP contribution in [0, 0.1) is 0 Å². The van der Waals surface area contributed by atoms with E-state index in [2.05, 4.69) is 5.32 Å². The van der Waals surface area contributed by atoms with Crippen LogP contribution in [-0.2, 0) is 0 Å². The number of hydrogen-bond acceptors (Lipinski definition) is 3. The summed E-state index contributed by atoms with van der Waals surface area (Å²) >= 11 is 5.88. The lowest BCUT2D eigenvalue weighted by Crippen LogP contribution is -2.26. The second-order valence-corrected chi connectivity index (χ2v) is 4.55. The summed E-state index contributed by atoms with van der Waals surface area (Å²) < 4.78 is 11.0. The van der Waals surface area contributed by atoms with Crippen LogP contribution in [0.2, 0.25) is 5.02 Å². The molecule has 0 aliphatic rings. The van der Waals surface area contributed by atoms with Gasteiger partial charge in [0.1, 0.15) is 23.9 Å². The van der Waals surface area contributed by atoms with Gasteiger partial charge in [0, 0.05) is 5.02 Å². The molecule has 1 amide bonds. The quantitative estimate of drug-likeness (QED) is 0.797. The monoisotopic (exact) mass is 307 g/mol. The third-order valence-corrected chi connectivity index (χ3v) is 2.74. The van der Waals surface area contributed by atoms with E-state index in [-0.39, 0.29) is 13.2 Å². The predicted octanol–water partition coefficient (Wildman–Crippen LogP) is 3.78. The SMILES string of the molecule is O=C(O)NCCOc1ccc(Oc2cccc(Cl)c2)cc1. The smallest absolute Gasteiger partial charge is 0.404 e. The maximum absolute atomic E-state index is 10.3. The van der Waals surface area contributed by atoms with Crippen molar-refractivity contribution in [3.05, 3.63) is 53.6 Å². The summed E-state index contributed by atoms with van der Waals surface area (Å²) in [6, 6.07) is 14.2. The molecule has 110 valence electrons. The van der Waals surface area contributed by atoms with Gasteiger partial charge in [0.05, 0.1) is 6.54 Å². The van der Waals surface area contributed by atoms with Gasteiger partial charge in [0.2, 0.25) is 0 Å². The van der Waals surface area contributed by atoms with E-state index in [0.717, 1.165) is 0 Å². The van der Waals surface area contributed by atoms with Gasteiger partial charge in [-0.05, 0) is 42.5 Å². The summed E-state index contributed by atoms with van der Waals surface area (Å²) in [4.78, 5) is 10.3. The van der Waals surface area contributed by atoms with Gasteiger partial charge in [0.15, 0.2) is 0 Å².